The number of pyridine rings is 1. The Kier molecular flexibility index (Phi) is 12.0. The Morgan fingerprint density at radius 1 is 0.667 bits per heavy atom. The van der Waals surface area contributed by atoms with Crippen LogP contribution in [0.25, 0.3) is 0 Å². The number of aliphatic hydroxyl groups excluding tert-OH is 8. The zero-order chi connectivity index (χ0) is 31.1. The number of hydrogen-bond acceptors (Lipinski definition) is 15. The highest BCUT2D eigenvalue weighted by Crippen LogP contribution is 2.20. The summed E-state index contributed by atoms with van der Waals surface area (Å²) in [5.41, 5.74) is 8.58. The van der Waals surface area contributed by atoms with Crippen molar-refractivity contribution in [3.8, 4) is 0 Å². The van der Waals surface area contributed by atoms with Crippen LogP contribution in [0.1, 0.15) is 21.0 Å². The normalized spacial score (nSPS) is 32.7. The van der Waals surface area contributed by atoms with Crippen LogP contribution >= 0.6 is 24.4 Å². The van der Waals surface area contributed by atoms with Gasteiger partial charge in [-0.3, -0.25) is 31.3 Å². The first kappa shape index (κ1) is 33.6. The molecule has 2 saturated heterocycles. The van der Waals surface area contributed by atoms with E-state index in [0.29, 0.717) is 0 Å². The molecule has 2 fully saturated rings. The molecule has 19 nitrogen and oxygen atoms in total. The SMILES string of the molecule is O=C(NNC(=S)N[C@@H]1O[C@H](CO)[C@H](O)[C@H](O)[C@H]1O)c1cccc(C(=O)NNC(=S)N[C@@H]2O[C@H](CO)[C@H](O)[C@H](O)[C@@H]2O)n1. The van der Waals surface area contributed by atoms with Crippen molar-refractivity contribution >= 4 is 46.5 Å². The number of ether oxygens (including phenoxy) is 2. The molecule has 10 atom stereocenters. The largest absolute Gasteiger partial charge is 0.394 e. The van der Waals surface area contributed by atoms with Gasteiger partial charge in [0.2, 0.25) is 0 Å². The number of rotatable bonds is 6. The summed E-state index contributed by atoms with van der Waals surface area (Å²) in [4.78, 5) is 28.9. The Labute approximate surface area is 247 Å². The molecule has 0 spiro atoms. The molecule has 2 aliphatic rings. The molecule has 2 aliphatic heterocycles. The molecule has 234 valence electrons. The summed E-state index contributed by atoms with van der Waals surface area (Å²) in [5.74, 6) is -1.68. The van der Waals surface area contributed by atoms with E-state index in [0.717, 1.165) is 0 Å². The van der Waals surface area contributed by atoms with Gasteiger partial charge < -0.3 is 61.0 Å². The molecule has 3 heterocycles. The number of amides is 2. The van der Waals surface area contributed by atoms with Crippen LogP contribution in [0.3, 0.4) is 0 Å². The molecule has 0 bridgehead atoms. The number of hydrazine groups is 2. The first-order valence-corrected chi connectivity index (χ1v) is 13.0. The predicted molar refractivity (Wildman–Crippen MR) is 144 cm³/mol. The maximum absolute atomic E-state index is 12.5. The highest BCUT2D eigenvalue weighted by molar-refractivity contribution is 7.80. The Morgan fingerprint density at radius 3 is 1.40 bits per heavy atom. The molecule has 0 radical (unpaired) electrons. The van der Waals surface area contributed by atoms with E-state index < -0.39 is 86.3 Å². The summed E-state index contributed by atoms with van der Waals surface area (Å²) in [7, 11) is 0. The first-order valence-electron chi connectivity index (χ1n) is 12.2. The average molecular weight is 638 g/mol. The van der Waals surface area contributed by atoms with Crippen molar-refractivity contribution < 1.29 is 59.9 Å². The highest BCUT2D eigenvalue weighted by Gasteiger charge is 2.44. The predicted octanol–water partition coefficient (Wildman–Crippen LogP) is -7.10. The Bertz CT molecular complexity index is 1050. The third-order valence-corrected chi connectivity index (χ3v) is 6.56. The Hall–Kier alpha value is -2.93. The maximum Gasteiger partial charge on any atom is 0.288 e. The van der Waals surface area contributed by atoms with Gasteiger partial charge in [-0.1, -0.05) is 6.07 Å². The van der Waals surface area contributed by atoms with Crippen LogP contribution in [0.4, 0.5) is 0 Å². The van der Waals surface area contributed by atoms with Gasteiger partial charge in [-0.25, -0.2) is 4.98 Å². The number of hydrogen-bond donors (Lipinski definition) is 14. The highest BCUT2D eigenvalue weighted by atomic mass is 32.1. The molecule has 3 rings (SSSR count). The van der Waals surface area contributed by atoms with E-state index in [1.807, 2.05) is 0 Å². The fraction of sp³-hybridized carbons (Fsp3) is 0.571. The lowest BCUT2D eigenvalue weighted by Crippen LogP contribution is -2.64. The molecule has 2 amide bonds. The Morgan fingerprint density at radius 2 is 1.05 bits per heavy atom. The van der Waals surface area contributed by atoms with E-state index in [2.05, 4.69) is 37.3 Å². The van der Waals surface area contributed by atoms with E-state index in [1.165, 1.54) is 18.2 Å². The van der Waals surface area contributed by atoms with Gasteiger partial charge in [0.25, 0.3) is 11.8 Å². The van der Waals surface area contributed by atoms with E-state index in [4.69, 9.17) is 33.9 Å². The molecule has 42 heavy (non-hydrogen) atoms. The lowest BCUT2D eigenvalue weighted by atomic mass is 9.98. The minimum atomic E-state index is -1.64. The van der Waals surface area contributed by atoms with Gasteiger partial charge in [0.1, 0.15) is 60.2 Å². The maximum atomic E-state index is 12.5. The van der Waals surface area contributed by atoms with E-state index in [9.17, 15) is 50.4 Å². The van der Waals surface area contributed by atoms with Crippen LogP contribution in [0.5, 0.6) is 0 Å². The summed E-state index contributed by atoms with van der Waals surface area (Å²) < 4.78 is 10.5. The third kappa shape index (κ3) is 8.12. The molecule has 1 aromatic heterocycles. The zero-order valence-corrected chi connectivity index (χ0v) is 23.0. The van der Waals surface area contributed by atoms with Gasteiger partial charge in [0, 0.05) is 0 Å². The van der Waals surface area contributed by atoms with E-state index in [1.54, 1.807) is 0 Å². The van der Waals surface area contributed by atoms with Crippen molar-refractivity contribution in [3.63, 3.8) is 0 Å². The minimum absolute atomic E-state index is 0.229. The number of aromatic nitrogens is 1. The quantitative estimate of drug-likeness (QED) is 0.102. The smallest absolute Gasteiger partial charge is 0.288 e. The fourth-order valence-corrected chi connectivity index (χ4v) is 4.15. The van der Waals surface area contributed by atoms with Gasteiger partial charge in [-0.05, 0) is 36.6 Å². The van der Waals surface area contributed by atoms with Crippen molar-refractivity contribution in [3.05, 3.63) is 29.6 Å². The van der Waals surface area contributed by atoms with Crippen molar-refractivity contribution in [2.24, 2.45) is 0 Å². The molecule has 0 unspecified atom stereocenters. The van der Waals surface area contributed by atoms with Crippen molar-refractivity contribution in [2.45, 2.75) is 61.3 Å². The van der Waals surface area contributed by atoms with Crippen molar-refractivity contribution in [1.29, 1.82) is 0 Å². The minimum Gasteiger partial charge on any atom is -0.394 e. The van der Waals surface area contributed by atoms with Gasteiger partial charge in [0.05, 0.1) is 13.2 Å². The number of thiocarbonyl (C=S) groups is 2. The number of nitrogens with zero attached hydrogens (tertiary/aromatic N) is 1. The van der Waals surface area contributed by atoms with Crippen LogP contribution in [-0.2, 0) is 9.47 Å². The fourth-order valence-electron chi connectivity index (χ4n) is 3.81. The number of carbonyl (C=O) groups excluding carboxylic acids is 2. The number of nitrogens with one attached hydrogen (secondary N) is 6. The van der Waals surface area contributed by atoms with Gasteiger partial charge in [-0.2, -0.15) is 0 Å². The number of carbonyl (C=O) groups is 2. The molecule has 21 heteroatoms. The van der Waals surface area contributed by atoms with E-state index in [-0.39, 0.29) is 21.6 Å². The monoisotopic (exact) mass is 637 g/mol. The van der Waals surface area contributed by atoms with Crippen LogP contribution in [0, 0.1) is 0 Å². The summed E-state index contributed by atoms with van der Waals surface area (Å²) in [6.07, 6.45) is -14.7. The molecule has 0 aliphatic carbocycles. The lowest BCUT2D eigenvalue weighted by molar-refractivity contribution is -0.232. The van der Waals surface area contributed by atoms with Gasteiger partial charge in [0.15, 0.2) is 22.7 Å². The summed E-state index contributed by atoms with van der Waals surface area (Å²) in [5, 5.41) is 82.4. The average Bonchev–Trinajstić information content (AvgIpc) is 2.99. The van der Waals surface area contributed by atoms with Crippen LogP contribution in [-0.4, -0.2) is 142 Å². The third-order valence-electron chi connectivity index (χ3n) is 6.12. The first-order chi connectivity index (χ1) is 19.9. The second kappa shape index (κ2) is 15.0. The zero-order valence-electron chi connectivity index (χ0n) is 21.4. The molecular formula is C21H31N7O12S2. The summed E-state index contributed by atoms with van der Waals surface area (Å²) >= 11 is 10.0. The van der Waals surface area contributed by atoms with E-state index >= 15 is 0 Å². The van der Waals surface area contributed by atoms with Crippen molar-refractivity contribution in [1.82, 2.24) is 37.3 Å². The lowest BCUT2D eigenvalue weighted by Gasteiger charge is -2.40. The molecule has 0 saturated carbocycles. The summed E-state index contributed by atoms with van der Waals surface area (Å²) in [6.45, 7) is -1.29. The topological polar surface area (TPSA) is 300 Å². The Balaban J connectivity index is 1.48. The molecule has 0 aromatic carbocycles. The molecular weight excluding hydrogens is 606 g/mol. The van der Waals surface area contributed by atoms with Crippen molar-refractivity contribution in [2.75, 3.05) is 13.2 Å². The second-order valence-corrected chi connectivity index (χ2v) is 9.83. The second-order valence-electron chi connectivity index (χ2n) is 9.01. The van der Waals surface area contributed by atoms with Crippen LogP contribution in [0.2, 0.25) is 0 Å². The number of aliphatic hydroxyl groups is 8. The molecule has 1 aromatic rings. The van der Waals surface area contributed by atoms with Gasteiger partial charge in [-0.15, -0.1) is 0 Å². The van der Waals surface area contributed by atoms with Crippen LogP contribution in [0.15, 0.2) is 18.2 Å². The van der Waals surface area contributed by atoms with Crippen LogP contribution < -0.4 is 32.3 Å². The molecule has 14 N–H and O–H groups in total. The van der Waals surface area contributed by atoms with Gasteiger partial charge >= 0.3 is 0 Å². The summed E-state index contributed by atoms with van der Waals surface area (Å²) in [6, 6.07) is 3.91. The standard InChI is InChI=1S/C21H31N7O12S2/c29-4-8-10(31)12(33)14(35)18(39-8)23-20(41)27-25-16(37)6-2-1-3-7(22-6)17(38)26-28-21(42)24-19-15(36)13(34)11(32)9(5-30)40-19/h1-3,8-15,18-19,29-36H,4-5H2,(H,25,37)(H,26,38)(H2,23,27,41)(H2,24,28,42)/t8-,9-,10+,11+,12+,13+,14-,15+,18-,19-/m1/s1.